The van der Waals surface area contributed by atoms with Crippen LogP contribution in [0.3, 0.4) is 0 Å². The summed E-state index contributed by atoms with van der Waals surface area (Å²) in [5.41, 5.74) is -1.39. The van der Waals surface area contributed by atoms with Crippen molar-refractivity contribution in [3.05, 3.63) is 0 Å². The molecule has 2 unspecified atom stereocenters. The van der Waals surface area contributed by atoms with Gasteiger partial charge in [-0.1, -0.05) is 22.6 Å². The molecule has 1 fully saturated rings. The Morgan fingerprint density at radius 2 is 1.66 bits per heavy atom. The molecule has 2 atom stereocenters. The second kappa shape index (κ2) is 10.1. The smallest absolute Gasteiger partial charge is 0.399 e. The molecule has 1 aliphatic rings. The number of hydrogen-bond acceptors (Lipinski definition) is 6. The molecule has 0 aliphatic carbocycles. The van der Waals surface area contributed by atoms with E-state index in [9.17, 15) is 28.0 Å². The topological polar surface area (TPSA) is 85.0 Å². The highest BCUT2D eigenvalue weighted by Crippen LogP contribution is 2.38. The molecule has 0 aromatic rings. The Kier molecular flexibility index (Phi) is 9.18. The van der Waals surface area contributed by atoms with E-state index >= 15 is 0 Å². The second-order valence-corrected chi connectivity index (χ2v) is 10.3. The molecule has 0 spiro atoms. The molecule has 0 saturated carbocycles. The summed E-state index contributed by atoms with van der Waals surface area (Å²) in [6.45, 7) is 8.04. The maximum atomic E-state index is 12.4. The minimum atomic E-state index is -4.70. The number of halogens is 4. The first-order valence-electron chi connectivity index (χ1n) is 9.19. The van der Waals surface area contributed by atoms with Gasteiger partial charge < -0.3 is 14.2 Å². The van der Waals surface area contributed by atoms with Crippen molar-refractivity contribution in [1.29, 1.82) is 0 Å². The number of piperidine rings is 1. The fourth-order valence-electron chi connectivity index (χ4n) is 3.33. The van der Waals surface area contributed by atoms with Crippen molar-refractivity contribution in [3.63, 3.8) is 0 Å². The van der Waals surface area contributed by atoms with E-state index in [-0.39, 0.29) is 12.7 Å². The van der Waals surface area contributed by atoms with Crippen LogP contribution in [0.15, 0.2) is 0 Å². The van der Waals surface area contributed by atoms with E-state index in [1.165, 1.54) is 0 Å². The Balaban J connectivity index is 2.75. The number of esters is 2. The number of rotatable bonds is 8. The van der Waals surface area contributed by atoms with Gasteiger partial charge in [-0.3, -0.25) is 9.59 Å². The molecule has 1 radical (unpaired) electrons. The van der Waals surface area contributed by atoms with Gasteiger partial charge in [0.2, 0.25) is 0 Å². The van der Waals surface area contributed by atoms with Crippen molar-refractivity contribution < 1.29 is 42.2 Å². The third-order valence-corrected chi connectivity index (χ3v) is 4.96. The van der Waals surface area contributed by atoms with E-state index < -0.39 is 52.2 Å². The molecule has 0 aromatic carbocycles. The molecule has 1 heterocycles. The highest BCUT2D eigenvalue weighted by molar-refractivity contribution is 14.1. The normalized spacial score (nSPS) is 22.0. The molecule has 0 bridgehead atoms. The monoisotopic (exact) mass is 538 g/mol. The van der Waals surface area contributed by atoms with Crippen LogP contribution >= 0.6 is 22.6 Å². The quantitative estimate of drug-likeness (QED) is 0.267. The maximum Gasteiger partial charge on any atom is 0.399 e. The number of nitrogens with zero attached hydrogens (tertiary/aromatic N) is 1. The van der Waals surface area contributed by atoms with Gasteiger partial charge in [-0.15, -0.1) is 10.3 Å². The van der Waals surface area contributed by atoms with E-state index in [0.717, 1.165) is 5.06 Å². The van der Waals surface area contributed by atoms with Crippen LogP contribution in [-0.2, 0) is 29.0 Å². The average Bonchev–Trinajstić information content (AvgIpc) is 2.52. The van der Waals surface area contributed by atoms with Crippen molar-refractivity contribution in [2.24, 2.45) is 0 Å². The number of carbonyl (C=O) groups is 2. The summed E-state index contributed by atoms with van der Waals surface area (Å²) in [4.78, 5) is 23.2. The molecule has 29 heavy (non-hydrogen) atoms. The van der Waals surface area contributed by atoms with Crippen molar-refractivity contribution in [1.82, 2.24) is 5.06 Å². The van der Waals surface area contributed by atoms with Gasteiger partial charge in [0.05, 0.1) is 12.7 Å². The van der Waals surface area contributed by atoms with E-state index in [1.54, 1.807) is 34.6 Å². The largest absolute Gasteiger partial charge is 0.461 e. The van der Waals surface area contributed by atoms with Crippen molar-refractivity contribution >= 4 is 34.5 Å². The Labute approximate surface area is 182 Å². The lowest BCUT2D eigenvalue weighted by atomic mass is 9.80. The van der Waals surface area contributed by atoms with Crippen LogP contribution in [0.2, 0.25) is 0 Å². The molecule has 1 saturated heterocycles. The molecule has 11 heteroatoms. The van der Waals surface area contributed by atoms with Crippen LogP contribution in [-0.4, -0.2) is 63.6 Å². The Hall–Kier alpha value is -0.660. The van der Waals surface area contributed by atoms with E-state index in [0.29, 0.717) is 12.8 Å². The first kappa shape index (κ1) is 26.4. The number of ether oxygens (including phenoxy) is 3. The molecule has 7 nitrogen and oxygen atoms in total. The van der Waals surface area contributed by atoms with Gasteiger partial charge in [0.25, 0.3) is 0 Å². The van der Waals surface area contributed by atoms with E-state index in [1.807, 2.05) is 22.6 Å². The fourth-order valence-corrected chi connectivity index (χ4v) is 3.51. The summed E-state index contributed by atoms with van der Waals surface area (Å²) in [6.07, 6.45) is -7.20. The minimum absolute atomic E-state index is 0.248. The van der Waals surface area contributed by atoms with Crippen molar-refractivity contribution in [3.8, 4) is 0 Å². The molecule has 0 aromatic heterocycles. The van der Waals surface area contributed by atoms with Gasteiger partial charge in [-0.05, 0) is 47.5 Å². The van der Waals surface area contributed by atoms with Crippen LogP contribution in [0.4, 0.5) is 13.2 Å². The zero-order chi connectivity index (χ0) is 22.6. The van der Waals surface area contributed by atoms with Gasteiger partial charge in [-0.25, -0.2) is 0 Å². The fraction of sp³-hybridized carbons (Fsp3) is 0.889. The van der Waals surface area contributed by atoms with Gasteiger partial charge in [0.15, 0.2) is 6.10 Å². The maximum absolute atomic E-state index is 12.4. The summed E-state index contributed by atoms with van der Waals surface area (Å²) in [7, 11) is 0. The SMILES string of the molecule is CC(I)C(=O)OCC(COC1CC(C)(C)N([O])C(C)(C)C1)OC(=O)CC(F)(F)F. The van der Waals surface area contributed by atoms with Crippen LogP contribution < -0.4 is 0 Å². The molecule has 0 amide bonds. The standard InChI is InChI=1S/C18H28F3INO6/c1-11(22)15(25)28-10-13(29-14(24)8-18(19,20)21)9-27-12-6-16(2,3)23(26)17(4,5)7-12/h11-13H,6-10H2,1-5H3. The number of hydroxylamine groups is 2. The van der Waals surface area contributed by atoms with Gasteiger partial charge in [-0.2, -0.15) is 13.2 Å². The van der Waals surface area contributed by atoms with Crippen LogP contribution in [0.25, 0.3) is 0 Å². The molecular formula is C18H28F3INO6. The summed E-state index contributed by atoms with van der Waals surface area (Å²) >= 11 is 1.83. The minimum Gasteiger partial charge on any atom is -0.461 e. The molecule has 1 aliphatic heterocycles. The number of carbonyl (C=O) groups excluding carboxylic acids is 2. The van der Waals surface area contributed by atoms with E-state index in [2.05, 4.69) is 0 Å². The van der Waals surface area contributed by atoms with E-state index in [4.69, 9.17) is 14.2 Å². The summed E-state index contributed by atoms with van der Waals surface area (Å²) < 4.78 is 52.4. The molecule has 1 rings (SSSR count). The van der Waals surface area contributed by atoms with Crippen molar-refractivity contribution in [2.45, 2.75) is 87.3 Å². The molecule has 0 N–H and O–H groups in total. The summed E-state index contributed by atoms with van der Waals surface area (Å²) in [6, 6.07) is 0. The molecular weight excluding hydrogens is 510 g/mol. The lowest BCUT2D eigenvalue weighted by molar-refractivity contribution is -0.302. The second-order valence-electron chi connectivity index (χ2n) is 8.43. The van der Waals surface area contributed by atoms with Gasteiger partial charge in [0, 0.05) is 11.1 Å². The number of alkyl halides is 4. The lowest BCUT2D eigenvalue weighted by Gasteiger charge is -2.49. The van der Waals surface area contributed by atoms with Crippen LogP contribution in [0.1, 0.15) is 53.9 Å². The zero-order valence-electron chi connectivity index (χ0n) is 17.2. The third kappa shape index (κ3) is 8.93. The molecule has 169 valence electrons. The van der Waals surface area contributed by atoms with Gasteiger partial charge >= 0.3 is 18.1 Å². The Morgan fingerprint density at radius 3 is 2.10 bits per heavy atom. The Morgan fingerprint density at radius 1 is 1.14 bits per heavy atom. The highest BCUT2D eigenvalue weighted by atomic mass is 127. The zero-order valence-corrected chi connectivity index (χ0v) is 19.3. The Bertz CT molecular complexity index is 564. The summed E-state index contributed by atoms with van der Waals surface area (Å²) in [5, 5.41) is 13.4. The number of hydrogen-bond donors (Lipinski definition) is 0. The van der Waals surface area contributed by atoms with Crippen molar-refractivity contribution in [2.75, 3.05) is 13.2 Å². The van der Waals surface area contributed by atoms with Crippen LogP contribution in [0, 0.1) is 0 Å². The average molecular weight is 538 g/mol. The van der Waals surface area contributed by atoms with Crippen LogP contribution in [0.5, 0.6) is 0 Å². The van der Waals surface area contributed by atoms with Gasteiger partial charge in [0.1, 0.15) is 17.0 Å². The first-order chi connectivity index (χ1) is 13.0. The predicted molar refractivity (Wildman–Crippen MR) is 105 cm³/mol. The predicted octanol–water partition coefficient (Wildman–Crippen LogP) is 3.60. The first-order valence-corrected chi connectivity index (χ1v) is 10.4. The highest BCUT2D eigenvalue weighted by Gasteiger charge is 2.46. The third-order valence-electron chi connectivity index (χ3n) is 4.45. The summed E-state index contributed by atoms with van der Waals surface area (Å²) in [5.74, 6) is -2.05. The lowest BCUT2D eigenvalue weighted by Crippen LogP contribution is -2.60.